The number of ketones is 1. The molecule has 1 unspecified atom stereocenters. The first-order valence-electron chi connectivity index (χ1n) is 10.3. The number of carbonyl (C=O) groups excluding carboxylic acids is 2. The van der Waals surface area contributed by atoms with Crippen LogP contribution in [0.3, 0.4) is 0 Å². The van der Waals surface area contributed by atoms with Crippen LogP contribution in [0.1, 0.15) is 27.6 Å². The van der Waals surface area contributed by atoms with E-state index in [1.165, 1.54) is 25.1 Å². The summed E-state index contributed by atoms with van der Waals surface area (Å²) < 4.78 is 35.2. The molecule has 3 rings (SSSR count). The molecule has 1 saturated heterocycles. The number of hydrogen-bond acceptors (Lipinski definition) is 6. The Hall–Kier alpha value is -3.04. The van der Waals surface area contributed by atoms with E-state index < -0.39 is 12.7 Å². The lowest BCUT2D eigenvalue weighted by Crippen LogP contribution is -2.51. The lowest BCUT2D eigenvalue weighted by Gasteiger charge is -2.35. The summed E-state index contributed by atoms with van der Waals surface area (Å²) >= 11 is 0. The third kappa shape index (κ3) is 6.48. The van der Waals surface area contributed by atoms with Gasteiger partial charge < -0.3 is 19.5 Å². The number of benzene rings is 2. The average molecular weight is 448 g/mol. The van der Waals surface area contributed by atoms with E-state index in [0.717, 1.165) is 0 Å². The van der Waals surface area contributed by atoms with Gasteiger partial charge in [-0.25, -0.2) is 0 Å². The van der Waals surface area contributed by atoms with Crippen LogP contribution in [-0.2, 0) is 0 Å². The Morgan fingerprint density at radius 3 is 2.31 bits per heavy atom. The van der Waals surface area contributed by atoms with Crippen molar-refractivity contribution in [3.63, 3.8) is 0 Å². The molecule has 1 aliphatic heterocycles. The van der Waals surface area contributed by atoms with Gasteiger partial charge in [-0.15, -0.1) is 0 Å². The molecule has 0 aromatic heterocycles. The molecule has 0 spiro atoms. The molecule has 0 bridgehead atoms. The number of hydrogen-bond donors (Lipinski definition) is 1. The van der Waals surface area contributed by atoms with Crippen molar-refractivity contribution < 1.29 is 33.0 Å². The molecule has 172 valence electrons. The van der Waals surface area contributed by atoms with Crippen molar-refractivity contribution in [2.75, 3.05) is 39.3 Å². The lowest BCUT2D eigenvalue weighted by atomic mass is 10.1. The number of para-hydroxylation sites is 1. The second-order valence-electron chi connectivity index (χ2n) is 7.51. The van der Waals surface area contributed by atoms with E-state index in [4.69, 9.17) is 4.74 Å². The van der Waals surface area contributed by atoms with Gasteiger partial charge in [0.1, 0.15) is 24.2 Å². The fraction of sp³-hybridized carbons (Fsp3) is 0.391. The number of nitrogens with zero attached hydrogens (tertiary/aromatic N) is 2. The van der Waals surface area contributed by atoms with E-state index in [2.05, 4.69) is 4.74 Å². The maximum Gasteiger partial charge on any atom is 0.387 e. The van der Waals surface area contributed by atoms with Crippen molar-refractivity contribution in [3.05, 3.63) is 59.7 Å². The third-order valence-electron chi connectivity index (χ3n) is 5.17. The first kappa shape index (κ1) is 23.6. The zero-order valence-corrected chi connectivity index (χ0v) is 17.7. The first-order valence-corrected chi connectivity index (χ1v) is 10.3. The normalized spacial score (nSPS) is 15.5. The second-order valence-corrected chi connectivity index (χ2v) is 7.51. The van der Waals surface area contributed by atoms with E-state index in [0.29, 0.717) is 44.0 Å². The van der Waals surface area contributed by atoms with Gasteiger partial charge in [0, 0.05) is 38.3 Å². The summed E-state index contributed by atoms with van der Waals surface area (Å²) in [4.78, 5) is 27.6. The van der Waals surface area contributed by atoms with Crippen LogP contribution in [0.15, 0.2) is 48.5 Å². The summed E-state index contributed by atoms with van der Waals surface area (Å²) in [5, 5.41) is 10.3. The van der Waals surface area contributed by atoms with Crippen molar-refractivity contribution in [1.82, 2.24) is 9.80 Å². The van der Waals surface area contributed by atoms with Gasteiger partial charge in [-0.3, -0.25) is 14.5 Å². The summed E-state index contributed by atoms with van der Waals surface area (Å²) in [7, 11) is 0. The van der Waals surface area contributed by atoms with Crippen LogP contribution in [0.2, 0.25) is 0 Å². The molecular weight excluding hydrogens is 422 g/mol. The minimum Gasteiger partial charge on any atom is -0.491 e. The monoisotopic (exact) mass is 448 g/mol. The molecule has 7 nitrogen and oxygen atoms in total. The third-order valence-corrected chi connectivity index (χ3v) is 5.17. The van der Waals surface area contributed by atoms with Gasteiger partial charge in [0.05, 0.1) is 5.56 Å². The van der Waals surface area contributed by atoms with Crippen LogP contribution < -0.4 is 9.47 Å². The standard InChI is InChI=1S/C23H26F2N2O5/c1-16(28)17-6-8-19(9-7-17)31-15-18(29)14-26-10-12-27(13-11-26)22(30)20-4-2-3-5-21(20)32-23(24)25/h2-9,18,23,29H,10-15H2,1H3. The molecule has 0 saturated carbocycles. The SMILES string of the molecule is CC(=O)c1ccc(OCC(O)CN2CCN(C(=O)c3ccccc3OC(F)F)CC2)cc1. The summed E-state index contributed by atoms with van der Waals surface area (Å²) in [6, 6.07) is 12.7. The number of aliphatic hydroxyl groups excluding tert-OH is 1. The fourth-order valence-corrected chi connectivity index (χ4v) is 3.47. The molecule has 1 aliphatic rings. The van der Waals surface area contributed by atoms with E-state index >= 15 is 0 Å². The molecule has 9 heteroatoms. The van der Waals surface area contributed by atoms with E-state index in [9.17, 15) is 23.5 Å². The summed E-state index contributed by atoms with van der Waals surface area (Å²) in [5.74, 6) is 0.0333. The smallest absolute Gasteiger partial charge is 0.387 e. The Morgan fingerprint density at radius 1 is 1.03 bits per heavy atom. The summed E-state index contributed by atoms with van der Waals surface area (Å²) in [6.07, 6.45) is -0.732. The van der Waals surface area contributed by atoms with Crippen molar-refractivity contribution in [1.29, 1.82) is 0 Å². The van der Waals surface area contributed by atoms with E-state index in [1.807, 2.05) is 4.90 Å². The van der Waals surface area contributed by atoms with Crippen LogP contribution in [-0.4, -0.2) is 78.6 Å². The Bertz CT molecular complexity index is 915. The number of ether oxygens (including phenoxy) is 2. The van der Waals surface area contributed by atoms with Crippen LogP contribution in [0, 0.1) is 0 Å². The molecule has 0 radical (unpaired) electrons. The Morgan fingerprint density at radius 2 is 1.69 bits per heavy atom. The van der Waals surface area contributed by atoms with Gasteiger partial charge in [0.25, 0.3) is 5.91 Å². The van der Waals surface area contributed by atoms with Gasteiger partial charge in [-0.2, -0.15) is 8.78 Å². The number of halogens is 2. The minimum atomic E-state index is -3.00. The van der Waals surface area contributed by atoms with Crippen molar-refractivity contribution in [2.24, 2.45) is 0 Å². The number of rotatable bonds is 9. The van der Waals surface area contributed by atoms with Gasteiger partial charge in [-0.1, -0.05) is 12.1 Å². The number of amides is 1. The predicted octanol–water partition coefficient (Wildman–Crippen LogP) is 2.69. The van der Waals surface area contributed by atoms with E-state index in [1.54, 1.807) is 35.2 Å². The van der Waals surface area contributed by atoms with Crippen LogP contribution in [0.4, 0.5) is 8.78 Å². The Labute approximate surface area is 185 Å². The van der Waals surface area contributed by atoms with Crippen LogP contribution >= 0.6 is 0 Å². The first-order chi connectivity index (χ1) is 15.3. The summed E-state index contributed by atoms with van der Waals surface area (Å²) in [5.41, 5.74) is 0.694. The van der Waals surface area contributed by atoms with Crippen molar-refractivity contribution >= 4 is 11.7 Å². The minimum absolute atomic E-state index is 0.0285. The molecule has 2 aromatic rings. The number of β-amino-alcohol motifs (C(OH)–C–C–N with tert-alkyl or cyclic N) is 1. The van der Waals surface area contributed by atoms with Crippen LogP contribution in [0.25, 0.3) is 0 Å². The number of aliphatic hydroxyl groups is 1. The van der Waals surface area contributed by atoms with Crippen molar-refractivity contribution in [2.45, 2.75) is 19.6 Å². The highest BCUT2D eigenvalue weighted by Crippen LogP contribution is 2.22. The maximum atomic E-state index is 12.7. The fourth-order valence-electron chi connectivity index (χ4n) is 3.47. The predicted molar refractivity (Wildman–Crippen MR) is 113 cm³/mol. The number of carbonyl (C=O) groups is 2. The average Bonchev–Trinajstić information content (AvgIpc) is 2.78. The molecule has 1 heterocycles. The Balaban J connectivity index is 1.45. The number of alkyl halides is 2. The highest BCUT2D eigenvalue weighted by Gasteiger charge is 2.26. The quantitative estimate of drug-likeness (QED) is 0.595. The molecule has 1 atom stereocenters. The highest BCUT2D eigenvalue weighted by atomic mass is 19.3. The van der Waals surface area contributed by atoms with Gasteiger partial charge >= 0.3 is 6.61 Å². The maximum absolute atomic E-state index is 12.7. The molecule has 1 N–H and O–H groups in total. The lowest BCUT2D eigenvalue weighted by molar-refractivity contribution is -0.0503. The number of piperazine rings is 1. The highest BCUT2D eigenvalue weighted by molar-refractivity contribution is 5.97. The van der Waals surface area contributed by atoms with Crippen LogP contribution in [0.5, 0.6) is 11.5 Å². The largest absolute Gasteiger partial charge is 0.491 e. The molecule has 1 fully saturated rings. The second kappa shape index (κ2) is 11.0. The summed E-state index contributed by atoms with van der Waals surface area (Å²) in [6.45, 7) is 0.834. The van der Waals surface area contributed by atoms with Gasteiger partial charge in [-0.05, 0) is 43.3 Å². The topological polar surface area (TPSA) is 79.3 Å². The molecule has 0 aliphatic carbocycles. The van der Waals surface area contributed by atoms with Crippen molar-refractivity contribution in [3.8, 4) is 11.5 Å². The zero-order valence-electron chi connectivity index (χ0n) is 17.7. The molecule has 1 amide bonds. The number of Topliss-reactive ketones (excluding diaryl/α,β-unsaturated/α-hetero) is 1. The molecule has 2 aromatic carbocycles. The zero-order chi connectivity index (χ0) is 23.1. The van der Waals surface area contributed by atoms with E-state index in [-0.39, 0.29) is 29.6 Å². The Kier molecular flexibility index (Phi) is 8.13. The molecule has 32 heavy (non-hydrogen) atoms. The van der Waals surface area contributed by atoms with Gasteiger partial charge in [0.2, 0.25) is 0 Å². The molecular formula is C23H26F2N2O5. The van der Waals surface area contributed by atoms with Gasteiger partial charge in [0.15, 0.2) is 5.78 Å².